The van der Waals surface area contributed by atoms with Crippen molar-refractivity contribution in [1.82, 2.24) is 4.90 Å². The maximum Gasteiger partial charge on any atom is 0.193 e. The Morgan fingerprint density at radius 3 is 2.43 bits per heavy atom. The Kier molecular flexibility index (Phi) is 8.86. The fraction of sp³-hybridized carbons (Fsp3) is 0.588. The summed E-state index contributed by atoms with van der Waals surface area (Å²) in [6.07, 6.45) is 0. The lowest BCUT2D eigenvalue weighted by atomic mass is 10.0. The van der Waals surface area contributed by atoms with Gasteiger partial charge in [-0.15, -0.1) is 24.0 Å². The molecule has 0 saturated carbocycles. The number of morpholine rings is 1. The molecule has 1 heterocycles. The van der Waals surface area contributed by atoms with Crippen molar-refractivity contribution >= 4 is 35.6 Å². The smallest absolute Gasteiger partial charge is 0.193 e. The molecule has 5 nitrogen and oxygen atoms in total. The zero-order valence-corrected chi connectivity index (χ0v) is 16.6. The van der Waals surface area contributed by atoms with Crippen LogP contribution in [-0.4, -0.2) is 49.7 Å². The number of nitrogens with two attached hydrogens (primary N) is 1. The zero-order valence-electron chi connectivity index (χ0n) is 14.3. The Morgan fingerprint density at radius 1 is 1.26 bits per heavy atom. The van der Waals surface area contributed by atoms with Crippen LogP contribution in [0.15, 0.2) is 29.3 Å². The highest BCUT2D eigenvalue weighted by atomic mass is 127. The van der Waals surface area contributed by atoms with E-state index in [0.29, 0.717) is 24.5 Å². The van der Waals surface area contributed by atoms with Gasteiger partial charge >= 0.3 is 0 Å². The van der Waals surface area contributed by atoms with Gasteiger partial charge < -0.3 is 15.8 Å². The van der Waals surface area contributed by atoms with Crippen molar-refractivity contribution in [2.24, 2.45) is 16.6 Å². The Hall–Kier alpha value is -0.860. The van der Waals surface area contributed by atoms with Crippen LogP contribution in [-0.2, 0) is 4.74 Å². The summed E-state index contributed by atoms with van der Waals surface area (Å²) in [5, 5.41) is 3.15. The predicted molar refractivity (Wildman–Crippen MR) is 108 cm³/mol. The molecule has 1 aromatic rings. The van der Waals surface area contributed by atoms with Gasteiger partial charge in [0, 0.05) is 24.8 Å². The van der Waals surface area contributed by atoms with Gasteiger partial charge in [-0.05, 0) is 25.0 Å². The number of aryl methyl sites for hydroxylation is 1. The van der Waals surface area contributed by atoms with Crippen LogP contribution < -0.4 is 11.1 Å². The Morgan fingerprint density at radius 2 is 1.87 bits per heavy atom. The topological polar surface area (TPSA) is 62.9 Å². The summed E-state index contributed by atoms with van der Waals surface area (Å²) in [6, 6.07) is 8.54. The van der Waals surface area contributed by atoms with Gasteiger partial charge in [-0.2, -0.15) is 0 Å². The number of halogens is 1. The number of nitrogens with zero attached hydrogens (tertiary/aromatic N) is 2. The number of hydrogen-bond acceptors (Lipinski definition) is 3. The number of ether oxygens (including phenoxy) is 1. The van der Waals surface area contributed by atoms with E-state index < -0.39 is 0 Å². The third-order valence-electron chi connectivity index (χ3n) is 4.06. The van der Waals surface area contributed by atoms with Crippen molar-refractivity contribution in [3.63, 3.8) is 0 Å². The first-order chi connectivity index (χ1) is 10.6. The van der Waals surface area contributed by atoms with E-state index in [4.69, 9.17) is 10.5 Å². The number of nitrogens with one attached hydrogen (secondary N) is 1. The van der Waals surface area contributed by atoms with Crippen LogP contribution in [0.1, 0.15) is 19.4 Å². The standard InChI is InChI=1S/C17H28N4O.HI/c1-13(2)16(21-8-10-22-11-9-21)12-19-17(18)20-15-6-4-14(3)5-7-15;/h4-7,13,16H,8-12H2,1-3H3,(H3,18,19,20);1H. The monoisotopic (exact) mass is 432 g/mol. The molecule has 0 amide bonds. The van der Waals surface area contributed by atoms with E-state index in [1.165, 1.54) is 5.56 Å². The number of guanidine groups is 1. The molecule has 1 fully saturated rings. The fourth-order valence-electron chi connectivity index (χ4n) is 2.67. The molecule has 1 aliphatic heterocycles. The minimum absolute atomic E-state index is 0. The highest BCUT2D eigenvalue weighted by molar-refractivity contribution is 14.0. The summed E-state index contributed by atoms with van der Waals surface area (Å²) < 4.78 is 5.43. The summed E-state index contributed by atoms with van der Waals surface area (Å²) >= 11 is 0. The first-order valence-corrected chi connectivity index (χ1v) is 8.01. The van der Waals surface area contributed by atoms with E-state index >= 15 is 0 Å². The molecule has 2 rings (SSSR count). The maximum atomic E-state index is 6.02. The van der Waals surface area contributed by atoms with Gasteiger partial charge in [-0.1, -0.05) is 31.5 Å². The van der Waals surface area contributed by atoms with Crippen LogP contribution in [0.25, 0.3) is 0 Å². The van der Waals surface area contributed by atoms with Crippen molar-refractivity contribution in [3.8, 4) is 0 Å². The molecule has 1 unspecified atom stereocenters. The first kappa shape index (κ1) is 20.2. The molecule has 3 N–H and O–H groups in total. The number of aliphatic imine (C=N–C) groups is 1. The lowest BCUT2D eigenvalue weighted by Crippen LogP contribution is -2.47. The van der Waals surface area contributed by atoms with Gasteiger partial charge in [0.05, 0.1) is 19.8 Å². The van der Waals surface area contributed by atoms with Crippen LogP contribution in [0.4, 0.5) is 5.69 Å². The lowest BCUT2D eigenvalue weighted by Gasteiger charge is -2.36. The molecular formula is C17H29IN4O. The highest BCUT2D eigenvalue weighted by Gasteiger charge is 2.23. The largest absolute Gasteiger partial charge is 0.379 e. The van der Waals surface area contributed by atoms with Crippen LogP contribution in [0, 0.1) is 12.8 Å². The number of hydrogen-bond donors (Lipinski definition) is 2. The molecule has 130 valence electrons. The van der Waals surface area contributed by atoms with Crippen molar-refractivity contribution < 1.29 is 4.74 Å². The van der Waals surface area contributed by atoms with E-state index in [1.807, 2.05) is 12.1 Å². The molecular weight excluding hydrogens is 403 g/mol. The third-order valence-corrected chi connectivity index (χ3v) is 4.06. The van der Waals surface area contributed by atoms with E-state index in [0.717, 1.165) is 32.0 Å². The molecule has 0 spiro atoms. The second kappa shape index (κ2) is 10.1. The van der Waals surface area contributed by atoms with Crippen LogP contribution in [0.2, 0.25) is 0 Å². The van der Waals surface area contributed by atoms with Crippen molar-refractivity contribution in [2.75, 3.05) is 38.2 Å². The molecule has 1 aliphatic rings. The van der Waals surface area contributed by atoms with Crippen molar-refractivity contribution in [3.05, 3.63) is 29.8 Å². The summed E-state index contributed by atoms with van der Waals surface area (Å²) in [7, 11) is 0. The van der Waals surface area contributed by atoms with E-state index in [2.05, 4.69) is 48.1 Å². The van der Waals surface area contributed by atoms with E-state index in [-0.39, 0.29) is 24.0 Å². The molecule has 1 saturated heterocycles. The average molecular weight is 432 g/mol. The molecule has 6 heteroatoms. The number of benzene rings is 1. The van der Waals surface area contributed by atoms with E-state index in [1.54, 1.807) is 0 Å². The van der Waals surface area contributed by atoms with Gasteiger partial charge in [0.2, 0.25) is 0 Å². The Balaban J connectivity index is 0.00000264. The number of rotatable bonds is 5. The summed E-state index contributed by atoms with van der Waals surface area (Å²) in [4.78, 5) is 6.99. The van der Waals surface area contributed by atoms with Crippen molar-refractivity contribution in [1.29, 1.82) is 0 Å². The molecule has 1 atom stereocenters. The zero-order chi connectivity index (χ0) is 15.9. The summed E-state index contributed by atoms with van der Waals surface area (Å²) in [5.74, 6) is 1.01. The quantitative estimate of drug-likeness (QED) is 0.427. The van der Waals surface area contributed by atoms with Crippen LogP contribution >= 0.6 is 24.0 Å². The van der Waals surface area contributed by atoms with Crippen molar-refractivity contribution in [2.45, 2.75) is 26.8 Å². The Bertz CT molecular complexity index is 484. The Labute approximate surface area is 156 Å². The van der Waals surface area contributed by atoms with Gasteiger partial charge in [-0.25, -0.2) is 0 Å². The summed E-state index contributed by atoms with van der Waals surface area (Å²) in [5.41, 5.74) is 8.22. The third kappa shape index (κ3) is 6.64. The molecule has 0 aliphatic carbocycles. The minimum Gasteiger partial charge on any atom is -0.379 e. The van der Waals surface area contributed by atoms with Crippen LogP contribution in [0.5, 0.6) is 0 Å². The normalized spacial score (nSPS) is 17.7. The predicted octanol–water partition coefficient (Wildman–Crippen LogP) is 2.70. The molecule has 1 aromatic carbocycles. The second-order valence-corrected chi connectivity index (χ2v) is 6.18. The summed E-state index contributed by atoms with van der Waals surface area (Å²) in [6.45, 7) is 10.8. The van der Waals surface area contributed by atoms with Gasteiger partial charge in [0.15, 0.2) is 5.96 Å². The highest BCUT2D eigenvalue weighted by Crippen LogP contribution is 2.14. The van der Waals surface area contributed by atoms with E-state index in [9.17, 15) is 0 Å². The molecule has 0 bridgehead atoms. The lowest BCUT2D eigenvalue weighted by molar-refractivity contribution is 0.00870. The average Bonchev–Trinajstić information content (AvgIpc) is 2.50. The number of anilines is 1. The maximum absolute atomic E-state index is 6.02. The van der Waals surface area contributed by atoms with Gasteiger partial charge in [-0.3, -0.25) is 9.89 Å². The van der Waals surface area contributed by atoms with Gasteiger partial charge in [0.1, 0.15) is 0 Å². The second-order valence-electron chi connectivity index (χ2n) is 6.18. The van der Waals surface area contributed by atoms with Gasteiger partial charge in [0.25, 0.3) is 0 Å². The van der Waals surface area contributed by atoms with Crippen LogP contribution in [0.3, 0.4) is 0 Å². The fourth-order valence-corrected chi connectivity index (χ4v) is 2.67. The molecule has 0 radical (unpaired) electrons. The minimum atomic E-state index is 0. The molecule has 23 heavy (non-hydrogen) atoms. The SMILES string of the molecule is Cc1ccc(NC(N)=NCC(C(C)C)N2CCOCC2)cc1.I. The molecule has 0 aromatic heterocycles. The first-order valence-electron chi connectivity index (χ1n) is 8.01.